The van der Waals surface area contributed by atoms with Crippen LogP contribution in [-0.2, 0) is 14.3 Å². The van der Waals surface area contributed by atoms with Crippen LogP contribution in [0.25, 0.3) is 0 Å². The third-order valence-electron chi connectivity index (χ3n) is 6.56. The molecule has 3 aromatic carbocycles. The van der Waals surface area contributed by atoms with Crippen molar-refractivity contribution in [2.24, 2.45) is 11.8 Å². The molecule has 0 bridgehead atoms. The minimum absolute atomic E-state index is 0.0346. The largest absolute Gasteiger partial charge is 0.481 e. The van der Waals surface area contributed by atoms with Crippen LogP contribution in [0.1, 0.15) is 32.4 Å². The number of fused-ring (bicyclic) bond motifs is 1. The molecule has 1 aliphatic heterocycles. The summed E-state index contributed by atoms with van der Waals surface area (Å²) in [4.78, 5) is 53.7. The number of halogens is 4. The molecule has 37 heavy (non-hydrogen) atoms. The zero-order valence-corrected chi connectivity index (χ0v) is 22.4. The van der Waals surface area contributed by atoms with Crippen LogP contribution in [0.15, 0.2) is 65.1 Å². The molecule has 188 valence electrons. The lowest BCUT2D eigenvalue weighted by Gasteiger charge is -2.25. The van der Waals surface area contributed by atoms with Gasteiger partial charge in [-0.05, 0) is 51.8 Å². The monoisotopic (exact) mass is 621 g/mol. The number of ether oxygens (including phenoxy) is 1. The van der Waals surface area contributed by atoms with Gasteiger partial charge in [0.15, 0.2) is 0 Å². The summed E-state index contributed by atoms with van der Waals surface area (Å²) in [7, 11) is 0. The highest BCUT2D eigenvalue weighted by atomic mass is 79.9. The quantitative estimate of drug-likeness (QED) is 0.333. The van der Waals surface area contributed by atoms with E-state index >= 15 is 0 Å². The summed E-state index contributed by atoms with van der Waals surface area (Å²) in [6.45, 7) is 0. The second-order valence-electron chi connectivity index (χ2n) is 8.61. The van der Waals surface area contributed by atoms with Crippen molar-refractivity contribution in [3.8, 4) is 0 Å². The molecule has 1 heterocycles. The molecular weight excluding hydrogens is 609 g/mol. The smallest absolute Gasteiger partial charge is 0.311 e. The van der Waals surface area contributed by atoms with Gasteiger partial charge in [-0.1, -0.05) is 65.1 Å². The maximum atomic E-state index is 13.7. The molecule has 2 N–H and O–H groups in total. The van der Waals surface area contributed by atoms with E-state index in [-0.39, 0.29) is 32.4 Å². The number of anilines is 1. The zero-order valence-electron chi connectivity index (χ0n) is 18.5. The Morgan fingerprint density at radius 1 is 0.892 bits per heavy atom. The first kappa shape index (κ1) is 25.9. The number of nitrogens with one attached hydrogen (secondary N) is 1. The fourth-order valence-corrected chi connectivity index (χ4v) is 5.66. The molecule has 0 radical (unpaired) electrons. The Morgan fingerprint density at radius 3 is 2.11 bits per heavy atom. The van der Waals surface area contributed by atoms with Crippen LogP contribution in [0.4, 0.5) is 5.69 Å². The Labute approximate surface area is 233 Å². The van der Waals surface area contributed by atoms with Crippen LogP contribution in [0, 0.1) is 11.8 Å². The molecule has 11 heteroatoms. The third-order valence-corrected chi connectivity index (χ3v) is 8.53. The molecule has 3 aromatic rings. The van der Waals surface area contributed by atoms with Crippen molar-refractivity contribution in [2.45, 2.75) is 11.7 Å². The van der Waals surface area contributed by atoms with Crippen LogP contribution >= 0.6 is 50.7 Å². The van der Waals surface area contributed by atoms with Crippen molar-refractivity contribution in [3.05, 3.63) is 96.9 Å². The number of rotatable bonds is 4. The number of carboxylic acids is 1. The number of hydrogen-bond donors (Lipinski definition) is 2. The number of hydrogen-bond acceptors (Lipinski definition) is 5. The normalized spacial score (nSPS) is 21.8. The van der Waals surface area contributed by atoms with Gasteiger partial charge in [-0.15, -0.1) is 0 Å². The Bertz CT molecular complexity index is 1470. The Balaban J connectivity index is 1.66. The Kier molecular flexibility index (Phi) is 6.66. The average molecular weight is 624 g/mol. The highest BCUT2D eigenvalue weighted by molar-refractivity contribution is 9.10. The van der Waals surface area contributed by atoms with Gasteiger partial charge in [0, 0.05) is 21.3 Å². The van der Waals surface area contributed by atoms with Crippen molar-refractivity contribution in [2.75, 3.05) is 5.32 Å². The molecule has 0 aromatic heterocycles. The van der Waals surface area contributed by atoms with Crippen molar-refractivity contribution in [1.82, 2.24) is 0 Å². The topological polar surface area (TPSA) is 110 Å². The van der Waals surface area contributed by atoms with Gasteiger partial charge >= 0.3 is 5.97 Å². The number of benzene rings is 3. The number of carbonyl (C=O) groups excluding carboxylic acids is 3. The van der Waals surface area contributed by atoms with E-state index in [9.17, 15) is 24.3 Å². The first-order valence-corrected chi connectivity index (χ1v) is 12.8. The van der Waals surface area contributed by atoms with Crippen molar-refractivity contribution < 1.29 is 29.0 Å². The van der Waals surface area contributed by atoms with E-state index in [4.69, 9.17) is 39.5 Å². The van der Waals surface area contributed by atoms with E-state index in [0.717, 1.165) is 0 Å². The first-order chi connectivity index (χ1) is 17.6. The number of Topliss-reactive ketones (excluding diaryl/α,β-unsaturated/α-hetero) is 2. The fourth-order valence-electron chi connectivity index (χ4n) is 4.93. The van der Waals surface area contributed by atoms with E-state index < -0.39 is 47.0 Å². The van der Waals surface area contributed by atoms with Gasteiger partial charge in [-0.2, -0.15) is 0 Å². The van der Waals surface area contributed by atoms with E-state index in [2.05, 4.69) is 21.2 Å². The lowest BCUT2D eigenvalue weighted by Crippen LogP contribution is -2.52. The van der Waals surface area contributed by atoms with Crippen LogP contribution in [0.2, 0.25) is 15.1 Å². The number of carboxylic acid groups (broad SMARTS) is 1. The lowest BCUT2D eigenvalue weighted by molar-refractivity contribution is -0.147. The van der Waals surface area contributed by atoms with Crippen LogP contribution < -0.4 is 5.32 Å². The molecule has 1 aliphatic carbocycles. The summed E-state index contributed by atoms with van der Waals surface area (Å²) < 4.78 is 6.70. The van der Waals surface area contributed by atoms with Crippen LogP contribution in [-0.4, -0.2) is 34.2 Å². The molecule has 7 nitrogen and oxygen atoms in total. The van der Waals surface area contributed by atoms with E-state index in [0.29, 0.717) is 9.50 Å². The van der Waals surface area contributed by atoms with E-state index in [1.807, 2.05) is 0 Å². The van der Waals surface area contributed by atoms with Gasteiger partial charge in [0.05, 0.1) is 27.1 Å². The molecule has 2 aliphatic rings. The van der Waals surface area contributed by atoms with Gasteiger partial charge in [0.1, 0.15) is 5.92 Å². The van der Waals surface area contributed by atoms with Crippen molar-refractivity contribution >= 4 is 79.9 Å². The summed E-state index contributed by atoms with van der Waals surface area (Å²) in [5.74, 6) is -7.29. The molecule has 5 rings (SSSR count). The van der Waals surface area contributed by atoms with Gasteiger partial charge in [0.2, 0.25) is 23.1 Å². The second-order valence-corrected chi connectivity index (χ2v) is 10.7. The minimum Gasteiger partial charge on any atom is -0.481 e. The SMILES string of the molecule is O=C(Nc1ccc(Br)c(Cl)c1)C1C(c2ccc(Cl)c(Cl)c2)OC2(C(=O)c3ccccc3C2=O)C1C(=O)O. The predicted octanol–water partition coefficient (Wildman–Crippen LogP) is 6.25. The number of aliphatic carboxylic acids is 1. The lowest BCUT2D eigenvalue weighted by atomic mass is 9.75. The third kappa shape index (κ3) is 4.08. The van der Waals surface area contributed by atoms with Crippen molar-refractivity contribution in [1.29, 1.82) is 0 Å². The summed E-state index contributed by atoms with van der Waals surface area (Å²) in [6, 6.07) is 15.0. The summed E-state index contributed by atoms with van der Waals surface area (Å²) in [5.41, 5.74) is -1.81. The van der Waals surface area contributed by atoms with E-state index in [1.165, 1.54) is 36.4 Å². The maximum Gasteiger partial charge on any atom is 0.311 e. The molecule has 1 spiro atoms. The molecule has 0 saturated carbocycles. The zero-order chi connectivity index (χ0) is 26.6. The number of carbonyl (C=O) groups is 4. The minimum atomic E-state index is -2.44. The molecule has 1 amide bonds. The summed E-state index contributed by atoms with van der Waals surface area (Å²) >= 11 is 21.7. The van der Waals surface area contributed by atoms with Crippen LogP contribution in [0.3, 0.4) is 0 Å². The number of amides is 1. The Morgan fingerprint density at radius 2 is 1.54 bits per heavy atom. The predicted molar refractivity (Wildman–Crippen MR) is 141 cm³/mol. The molecule has 1 fully saturated rings. The van der Waals surface area contributed by atoms with Gasteiger partial charge in [0.25, 0.3) is 0 Å². The summed E-state index contributed by atoms with van der Waals surface area (Å²) in [6.07, 6.45) is -1.32. The van der Waals surface area contributed by atoms with Gasteiger partial charge in [-0.3, -0.25) is 19.2 Å². The highest BCUT2D eigenvalue weighted by Crippen LogP contribution is 2.54. The molecular formula is C26H15BrCl3NO6. The molecule has 3 unspecified atom stereocenters. The number of ketones is 2. The van der Waals surface area contributed by atoms with Gasteiger partial charge in [-0.25, -0.2) is 0 Å². The average Bonchev–Trinajstić information content (AvgIpc) is 3.33. The van der Waals surface area contributed by atoms with E-state index in [1.54, 1.807) is 24.3 Å². The van der Waals surface area contributed by atoms with Crippen LogP contribution in [0.5, 0.6) is 0 Å². The molecule has 1 saturated heterocycles. The summed E-state index contributed by atoms with van der Waals surface area (Å²) in [5, 5.41) is 13.7. The molecule has 3 atom stereocenters. The highest BCUT2D eigenvalue weighted by Gasteiger charge is 2.71. The van der Waals surface area contributed by atoms with Gasteiger partial charge < -0.3 is 15.2 Å². The Hall–Kier alpha value is -2.75. The first-order valence-electron chi connectivity index (χ1n) is 10.9. The second kappa shape index (κ2) is 9.53. The van der Waals surface area contributed by atoms with Crippen molar-refractivity contribution in [3.63, 3.8) is 0 Å². The fraction of sp³-hybridized carbons (Fsp3) is 0.154. The standard InChI is InChI=1S/C26H15BrCl3NO6/c27-15-7-6-12(10-17(15)29)31-24(34)19-20(25(35)36)26(22(32)13-3-1-2-4-14(13)23(26)33)37-21(19)11-5-8-16(28)18(30)9-11/h1-10,19-21H,(H,31,34)(H,35,36). The maximum absolute atomic E-state index is 13.7.